The molecule has 3 nitrogen and oxygen atoms in total. The van der Waals surface area contributed by atoms with Crippen LogP contribution in [0.25, 0.3) is 11.0 Å². The molecule has 2 aromatic heterocycles. The molecule has 0 aliphatic heterocycles. The SMILES string of the molecule is CC.Cc1cnc2c(ccn2S(=O)c2ccccc2)c1Cl. The Morgan fingerprint density at radius 2 is 1.81 bits per heavy atom. The van der Waals surface area contributed by atoms with Crippen LogP contribution in [0, 0.1) is 6.92 Å². The van der Waals surface area contributed by atoms with E-state index < -0.39 is 11.0 Å². The fraction of sp³-hybridized carbons (Fsp3) is 0.188. The molecule has 3 aromatic rings. The Labute approximate surface area is 132 Å². The van der Waals surface area contributed by atoms with Crippen LogP contribution < -0.4 is 0 Å². The number of rotatable bonds is 2. The monoisotopic (exact) mass is 320 g/mol. The van der Waals surface area contributed by atoms with E-state index in [1.54, 1.807) is 16.4 Å². The molecule has 21 heavy (non-hydrogen) atoms. The summed E-state index contributed by atoms with van der Waals surface area (Å²) in [4.78, 5) is 5.07. The average Bonchev–Trinajstić information content (AvgIpc) is 2.97. The highest BCUT2D eigenvalue weighted by Crippen LogP contribution is 2.27. The van der Waals surface area contributed by atoms with Gasteiger partial charge in [0.2, 0.25) is 0 Å². The number of pyridine rings is 1. The summed E-state index contributed by atoms with van der Waals surface area (Å²) in [6.07, 6.45) is 3.45. The zero-order valence-corrected chi connectivity index (χ0v) is 13.8. The van der Waals surface area contributed by atoms with E-state index in [9.17, 15) is 4.21 Å². The van der Waals surface area contributed by atoms with Crippen LogP contribution in [0.15, 0.2) is 53.7 Å². The molecule has 0 radical (unpaired) electrons. The van der Waals surface area contributed by atoms with Crippen LogP contribution in [0.2, 0.25) is 5.02 Å². The molecule has 1 unspecified atom stereocenters. The van der Waals surface area contributed by atoms with Gasteiger partial charge in [-0.2, -0.15) is 0 Å². The molecule has 3 rings (SSSR count). The van der Waals surface area contributed by atoms with E-state index in [1.165, 1.54) is 0 Å². The third kappa shape index (κ3) is 3.01. The Kier molecular flexibility index (Phi) is 5.15. The van der Waals surface area contributed by atoms with Crippen molar-refractivity contribution < 1.29 is 4.21 Å². The van der Waals surface area contributed by atoms with Crippen molar-refractivity contribution in [3.05, 3.63) is 59.4 Å². The largest absolute Gasteiger partial charge is 0.246 e. The van der Waals surface area contributed by atoms with Crippen molar-refractivity contribution in [1.82, 2.24) is 8.96 Å². The molecule has 2 heterocycles. The maximum Gasteiger partial charge on any atom is 0.158 e. The number of halogens is 1. The lowest BCUT2D eigenvalue weighted by Gasteiger charge is -2.05. The van der Waals surface area contributed by atoms with E-state index >= 15 is 0 Å². The van der Waals surface area contributed by atoms with Gasteiger partial charge in [0.15, 0.2) is 16.6 Å². The normalized spacial score (nSPS) is 11.8. The van der Waals surface area contributed by atoms with Crippen LogP contribution in [0.3, 0.4) is 0 Å². The van der Waals surface area contributed by atoms with Crippen LogP contribution >= 0.6 is 11.6 Å². The molecule has 0 N–H and O–H groups in total. The van der Waals surface area contributed by atoms with Gasteiger partial charge in [0, 0.05) is 17.8 Å². The van der Waals surface area contributed by atoms with Gasteiger partial charge in [-0.05, 0) is 30.7 Å². The van der Waals surface area contributed by atoms with Crippen molar-refractivity contribution in [3.63, 3.8) is 0 Å². The van der Waals surface area contributed by atoms with Gasteiger partial charge in [-0.25, -0.2) is 13.2 Å². The van der Waals surface area contributed by atoms with E-state index in [0.717, 1.165) is 15.8 Å². The second-order valence-electron chi connectivity index (χ2n) is 4.20. The van der Waals surface area contributed by atoms with Gasteiger partial charge >= 0.3 is 0 Å². The van der Waals surface area contributed by atoms with E-state index in [1.807, 2.05) is 57.2 Å². The summed E-state index contributed by atoms with van der Waals surface area (Å²) in [6, 6.07) is 11.1. The second-order valence-corrected chi connectivity index (χ2v) is 5.94. The first kappa shape index (κ1) is 15.7. The zero-order chi connectivity index (χ0) is 15.4. The predicted molar refractivity (Wildman–Crippen MR) is 89.1 cm³/mol. The minimum atomic E-state index is -1.31. The maximum atomic E-state index is 12.5. The quantitative estimate of drug-likeness (QED) is 0.692. The molecule has 0 aliphatic rings. The van der Waals surface area contributed by atoms with Crippen LogP contribution in [0.5, 0.6) is 0 Å². The number of fused-ring (bicyclic) bond motifs is 1. The molecule has 110 valence electrons. The van der Waals surface area contributed by atoms with Crippen molar-refractivity contribution >= 4 is 33.6 Å². The van der Waals surface area contributed by atoms with Crippen LogP contribution in [-0.2, 0) is 11.0 Å². The van der Waals surface area contributed by atoms with E-state index in [0.29, 0.717) is 10.7 Å². The van der Waals surface area contributed by atoms with Gasteiger partial charge in [-0.3, -0.25) is 0 Å². The fourth-order valence-electron chi connectivity index (χ4n) is 1.92. The number of hydrogen-bond donors (Lipinski definition) is 0. The van der Waals surface area contributed by atoms with E-state index in [-0.39, 0.29) is 0 Å². The molecular weight excluding hydrogens is 304 g/mol. The summed E-state index contributed by atoms with van der Waals surface area (Å²) >= 11 is 6.24. The highest BCUT2D eigenvalue weighted by atomic mass is 35.5. The van der Waals surface area contributed by atoms with Crippen molar-refractivity contribution in [2.45, 2.75) is 25.7 Å². The minimum absolute atomic E-state index is 0.637. The number of aryl methyl sites for hydroxylation is 1. The van der Waals surface area contributed by atoms with E-state index in [2.05, 4.69) is 4.98 Å². The molecule has 5 heteroatoms. The van der Waals surface area contributed by atoms with Crippen molar-refractivity contribution in [3.8, 4) is 0 Å². The first-order valence-electron chi connectivity index (χ1n) is 6.78. The maximum absolute atomic E-state index is 12.5. The van der Waals surface area contributed by atoms with Gasteiger partial charge in [0.1, 0.15) is 0 Å². The summed E-state index contributed by atoms with van der Waals surface area (Å²) in [7, 11) is -1.31. The topological polar surface area (TPSA) is 34.9 Å². The lowest BCUT2D eigenvalue weighted by Crippen LogP contribution is -2.04. The average molecular weight is 321 g/mol. The van der Waals surface area contributed by atoms with E-state index in [4.69, 9.17) is 11.6 Å². The van der Waals surface area contributed by atoms with Crippen LogP contribution in [-0.4, -0.2) is 13.2 Å². The third-order valence-corrected chi connectivity index (χ3v) is 4.74. The second kappa shape index (κ2) is 6.87. The molecule has 0 saturated carbocycles. The molecule has 0 saturated heterocycles. The molecule has 0 fully saturated rings. The Morgan fingerprint density at radius 3 is 2.48 bits per heavy atom. The molecule has 1 atom stereocenters. The Morgan fingerprint density at radius 1 is 1.14 bits per heavy atom. The molecule has 1 aromatic carbocycles. The molecule has 0 amide bonds. The van der Waals surface area contributed by atoms with Crippen molar-refractivity contribution in [1.29, 1.82) is 0 Å². The Balaban J connectivity index is 0.000000774. The number of benzene rings is 1. The number of aromatic nitrogens is 2. The summed E-state index contributed by atoms with van der Waals surface area (Å²) in [5.41, 5.74) is 1.55. The number of hydrogen-bond acceptors (Lipinski definition) is 2. The molecule has 0 bridgehead atoms. The van der Waals surface area contributed by atoms with Crippen molar-refractivity contribution in [2.24, 2.45) is 0 Å². The first-order chi connectivity index (χ1) is 10.2. The van der Waals surface area contributed by atoms with Crippen LogP contribution in [0.4, 0.5) is 0 Å². The predicted octanol–water partition coefficient (Wildman–Crippen LogP) is 4.60. The highest BCUT2D eigenvalue weighted by molar-refractivity contribution is 7.83. The lowest BCUT2D eigenvalue weighted by molar-refractivity contribution is 0.678. The van der Waals surface area contributed by atoms with Gasteiger partial charge in [-0.15, -0.1) is 0 Å². The standard InChI is InChI=1S/C14H11ClN2OS.C2H6/c1-10-9-16-14-12(13(10)15)7-8-17(14)19(18)11-5-3-2-4-6-11;1-2/h2-9H,1H3;1-2H3. The molecule has 0 spiro atoms. The van der Waals surface area contributed by atoms with Gasteiger partial charge in [0.25, 0.3) is 0 Å². The zero-order valence-electron chi connectivity index (χ0n) is 12.2. The minimum Gasteiger partial charge on any atom is -0.246 e. The number of nitrogens with zero attached hydrogens (tertiary/aromatic N) is 2. The summed E-state index contributed by atoms with van der Waals surface area (Å²) < 4.78 is 14.1. The summed E-state index contributed by atoms with van der Waals surface area (Å²) in [6.45, 7) is 5.90. The van der Waals surface area contributed by atoms with Gasteiger partial charge in [-0.1, -0.05) is 43.6 Å². The third-order valence-electron chi connectivity index (χ3n) is 2.91. The van der Waals surface area contributed by atoms with Gasteiger partial charge in [0.05, 0.1) is 9.92 Å². The molecular formula is C16H17ClN2OS. The van der Waals surface area contributed by atoms with Crippen LogP contribution in [0.1, 0.15) is 19.4 Å². The van der Waals surface area contributed by atoms with Crippen molar-refractivity contribution in [2.75, 3.05) is 0 Å². The first-order valence-corrected chi connectivity index (χ1v) is 8.26. The Bertz CT molecular complexity index is 769. The lowest BCUT2D eigenvalue weighted by atomic mass is 10.2. The van der Waals surface area contributed by atoms with Gasteiger partial charge < -0.3 is 0 Å². The highest BCUT2D eigenvalue weighted by Gasteiger charge is 2.13. The summed E-state index contributed by atoms with van der Waals surface area (Å²) in [5.74, 6) is 0. The fourth-order valence-corrected chi connectivity index (χ4v) is 3.20. The smallest absolute Gasteiger partial charge is 0.158 e. The summed E-state index contributed by atoms with van der Waals surface area (Å²) in [5, 5.41) is 1.49. The Hall–Kier alpha value is -1.65. The molecule has 0 aliphatic carbocycles.